The summed E-state index contributed by atoms with van der Waals surface area (Å²) in [7, 11) is 0. The van der Waals surface area contributed by atoms with Crippen molar-refractivity contribution in [3.63, 3.8) is 0 Å². The first-order chi connectivity index (χ1) is 4.38. The Hall–Kier alpha value is -0.860. The van der Waals surface area contributed by atoms with E-state index in [9.17, 15) is 4.39 Å². The van der Waals surface area contributed by atoms with E-state index in [4.69, 9.17) is 0 Å². The molecule has 2 rings (SSSR count). The molecular formula is C6H7FN2. The van der Waals surface area contributed by atoms with Crippen LogP contribution >= 0.6 is 0 Å². The SMILES string of the molecule is F[C@@H]1C[C@H]1c1ccn[nH]1. The lowest BCUT2D eigenvalue weighted by atomic mass is 10.3. The summed E-state index contributed by atoms with van der Waals surface area (Å²) in [5.41, 5.74) is 0.933. The number of aromatic nitrogens is 2. The lowest BCUT2D eigenvalue weighted by molar-refractivity contribution is 0.466. The van der Waals surface area contributed by atoms with E-state index in [1.165, 1.54) is 0 Å². The molecule has 0 aromatic carbocycles. The first kappa shape index (κ1) is 4.97. The molecule has 0 aliphatic heterocycles. The highest BCUT2D eigenvalue weighted by molar-refractivity contribution is 5.16. The summed E-state index contributed by atoms with van der Waals surface area (Å²) in [5, 5.41) is 6.47. The van der Waals surface area contributed by atoms with Crippen molar-refractivity contribution in [2.45, 2.75) is 18.5 Å². The summed E-state index contributed by atoms with van der Waals surface area (Å²) >= 11 is 0. The van der Waals surface area contributed by atoms with Crippen molar-refractivity contribution >= 4 is 0 Å². The molecule has 1 aromatic rings. The number of nitrogens with one attached hydrogen (secondary N) is 1. The van der Waals surface area contributed by atoms with E-state index in [1.807, 2.05) is 6.07 Å². The Labute approximate surface area is 52.1 Å². The van der Waals surface area contributed by atoms with E-state index < -0.39 is 6.17 Å². The summed E-state index contributed by atoms with van der Waals surface area (Å²) in [6, 6.07) is 1.82. The average molecular weight is 126 g/mol. The van der Waals surface area contributed by atoms with Gasteiger partial charge in [0.15, 0.2) is 0 Å². The minimum Gasteiger partial charge on any atom is -0.282 e. The van der Waals surface area contributed by atoms with Gasteiger partial charge in [0.05, 0.1) is 0 Å². The van der Waals surface area contributed by atoms with Crippen molar-refractivity contribution in [1.82, 2.24) is 10.2 Å². The van der Waals surface area contributed by atoms with Gasteiger partial charge in [0.1, 0.15) is 6.17 Å². The normalized spacial score (nSPS) is 32.6. The van der Waals surface area contributed by atoms with Gasteiger partial charge in [-0.2, -0.15) is 5.10 Å². The number of alkyl halides is 1. The third-order valence-corrected chi connectivity index (χ3v) is 1.63. The van der Waals surface area contributed by atoms with E-state index in [-0.39, 0.29) is 5.92 Å². The second kappa shape index (κ2) is 1.56. The second-order valence-corrected chi connectivity index (χ2v) is 2.37. The molecule has 9 heavy (non-hydrogen) atoms. The Balaban J connectivity index is 2.18. The molecule has 0 saturated heterocycles. The van der Waals surface area contributed by atoms with Gasteiger partial charge >= 0.3 is 0 Å². The van der Waals surface area contributed by atoms with Gasteiger partial charge in [-0.3, -0.25) is 5.10 Å². The van der Waals surface area contributed by atoms with E-state index in [0.717, 1.165) is 5.69 Å². The largest absolute Gasteiger partial charge is 0.282 e. The van der Waals surface area contributed by atoms with E-state index >= 15 is 0 Å². The van der Waals surface area contributed by atoms with Gasteiger partial charge in [0.2, 0.25) is 0 Å². The summed E-state index contributed by atoms with van der Waals surface area (Å²) < 4.78 is 12.3. The van der Waals surface area contributed by atoms with Crippen LogP contribution in [0.15, 0.2) is 12.3 Å². The van der Waals surface area contributed by atoms with Crippen LogP contribution in [-0.2, 0) is 0 Å². The molecule has 1 saturated carbocycles. The van der Waals surface area contributed by atoms with Crippen LogP contribution in [0, 0.1) is 0 Å². The Bertz CT molecular complexity index is 195. The molecule has 48 valence electrons. The summed E-state index contributed by atoms with van der Waals surface area (Å²) in [6.45, 7) is 0. The molecule has 3 heteroatoms. The number of hydrogen-bond donors (Lipinski definition) is 1. The monoisotopic (exact) mass is 126 g/mol. The molecule has 1 fully saturated rings. The van der Waals surface area contributed by atoms with Crippen LogP contribution in [0.2, 0.25) is 0 Å². The third kappa shape index (κ3) is 0.724. The highest BCUT2D eigenvalue weighted by Gasteiger charge is 2.39. The van der Waals surface area contributed by atoms with Crippen molar-refractivity contribution in [2.75, 3.05) is 0 Å². The molecule has 1 aliphatic rings. The van der Waals surface area contributed by atoms with Gasteiger partial charge in [0, 0.05) is 17.8 Å². The lowest BCUT2D eigenvalue weighted by Gasteiger charge is -1.84. The molecular weight excluding hydrogens is 119 g/mol. The van der Waals surface area contributed by atoms with Gasteiger partial charge in [-0.05, 0) is 12.5 Å². The molecule has 0 amide bonds. The zero-order valence-electron chi connectivity index (χ0n) is 4.84. The molecule has 0 spiro atoms. The number of H-pyrrole nitrogens is 1. The fourth-order valence-corrected chi connectivity index (χ4v) is 0.959. The van der Waals surface area contributed by atoms with Gasteiger partial charge in [-0.15, -0.1) is 0 Å². The van der Waals surface area contributed by atoms with Gasteiger partial charge < -0.3 is 0 Å². The Morgan fingerprint density at radius 2 is 2.56 bits per heavy atom. The van der Waals surface area contributed by atoms with E-state index in [0.29, 0.717) is 6.42 Å². The second-order valence-electron chi connectivity index (χ2n) is 2.37. The van der Waals surface area contributed by atoms with Crippen LogP contribution < -0.4 is 0 Å². The van der Waals surface area contributed by atoms with Gasteiger partial charge in [-0.1, -0.05) is 0 Å². The molecule has 2 atom stereocenters. The number of hydrogen-bond acceptors (Lipinski definition) is 1. The number of nitrogens with zero attached hydrogens (tertiary/aromatic N) is 1. The molecule has 0 radical (unpaired) electrons. The fraction of sp³-hybridized carbons (Fsp3) is 0.500. The Morgan fingerprint density at radius 1 is 1.78 bits per heavy atom. The maximum atomic E-state index is 12.3. The van der Waals surface area contributed by atoms with E-state index in [1.54, 1.807) is 6.20 Å². The maximum absolute atomic E-state index is 12.3. The predicted molar refractivity (Wildman–Crippen MR) is 30.8 cm³/mol. The lowest BCUT2D eigenvalue weighted by Crippen LogP contribution is -1.81. The third-order valence-electron chi connectivity index (χ3n) is 1.63. The molecule has 0 unspecified atom stereocenters. The molecule has 1 heterocycles. The van der Waals surface area contributed by atoms with Crippen molar-refractivity contribution in [1.29, 1.82) is 0 Å². The van der Waals surface area contributed by atoms with Crippen LogP contribution in [0.25, 0.3) is 0 Å². The minimum atomic E-state index is -0.620. The number of rotatable bonds is 1. The first-order valence-electron chi connectivity index (χ1n) is 3.01. The molecule has 1 aliphatic carbocycles. The first-order valence-corrected chi connectivity index (χ1v) is 3.01. The zero-order chi connectivity index (χ0) is 6.27. The average Bonchev–Trinajstić information content (AvgIpc) is 2.44. The fourth-order valence-electron chi connectivity index (χ4n) is 0.959. The summed E-state index contributed by atoms with van der Waals surface area (Å²) in [6.07, 6.45) is 1.70. The quantitative estimate of drug-likeness (QED) is 0.602. The molecule has 1 N–H and O–H groups in total. The number of halogens is 1. The molecule has 2 nitrogen and oxygen atoms in total. The summed E-state index contributed by atoms with van der Waals surface area (Å²) in [4.78, 5) is 0. The topological polar surface area (TPSA) is 28.7 Å². The predicted octanol–water partition coefficient (Wildman–Crippen LogP) is 1.24. The van der Waals surface area contributed by atoms with Crippen molar-refractivity contribution < 1.29 is 4.39 Å². The van der Waals surface area contributed by atoms with Crippen molar-refractivity contribution in [3.05, 3.63) is 18.0 Å². The van der Waals surface area contributed by atoms with Crippen LogP contribution in [0.3, 0.4) is 0 Å². The molecule has 1 aromatic heterocycles. The van der Waals surface area contributed by atoms with Crippen molar-refractivity contribution in [3.8, 4) is 0 Å². The standard InChI is InChI=1S/C6H7FN2/c7-5-3-4(5)6-1-2-8-9-6/h1-2,4-5H,3H2,(H,8,9)/t4-,5-/m1/s1. The maximum Gasteiger partial charge on any atom is 0.109 e. The van der Waals surface area contributed by atoms with Gasteiger partial charge in [0.25, 0.3) is 0 Å². The Kier molecular flexibility index (Phi) is 0.860. The van der Waals surface area contributed by atoms with Crippen LogP contribution in [-0.4, -0.2) is 16.4 Å². The smallest absolute Gasteiger partial charge is 0.109 e. The van der Waals surface area contributed by atoms with Crippen LogP contribution in [0.1, 0.15) is 18.0 Å². The highest BCUT2D eigenvalue weighted by Crippen LogP contribution is 2.42. The van der Waals surface area contributed by atoms with Gasteiger partial charge in [-0.25, -0.2) is 4.39 Å². The van der Waals surface area contributed by atoms with E-state index in [2.05, 4.69) is 10.2 Å². The molecule has 0 bridgehead atoms. The van der Waals surface area contributed by atoms with Crippen molar-refractivity contribution in [2.24, 2.45) is 0 Å². The number of aromatic amines is 1. The zero-order valence-corrected chi connectivity index (χ0v) is 4.84. The van der Waals surface area contributed by atoms with Crippen LogP contribution in [0.5, 0.6) is 0 Å². The minimum absolute atomic E-state index is 0.118. The Morgan fingerprint density at radius 3 is 3.00 bits per heavy atom. The summed E-state index contributed by atoms with van der Waals surface area (Å²) in [5.74, 6) is 0.118. The highest BCUT2D eigenvalue weighted by atomic mass is 19.1. The van der Waals surface area contributed by atoms with Crippen LogP contribution in [0.4, 0.5) is 4.39 Å².